The summed E-state index contributed by atoms with van der Waals surface area (Å²) < 4.78 is 0. The Morgan fingerprint density at radius 1 is 1.22 bits per heavy atom. The summed E-state index contributed by atoms with van der Waals surface area (Å²) in [4.78, 5) is 22.9. The standard InChI is InChI=1S/C12H25N3O2.ClH/c1-5-9(4)15-10(16)6-7-14-12(17)11(13)8(2)3;/h8-9,11H,5-7,13H2,1-4H3,(H,14,17)(H,15,16);1H/t9?,11-;/m0./s1. The zero-order valence-corrected chi connectivity index (χ0v) is 12.5. The molecule has 0 fully saturated rings. The van der Waals surface area contributed by atoms with Crippen molar-refractivity contribution in [3.05, 3.63) is 0 Å². The Morgan fingerprint density at radius 3 is 2.22 bits per heavy atom. The second kappa shape index (κ2) is 10.1. The van der Waals surface area contributed by atoms with Crippen LogP contribution in [0.4, 0.5) is 0 Å². The van der Waals surface area contributed by atoms with Gasteiger partial charge in [0, 0.05) is 19.0 Å². The minimum absolute atomic E-state index is 0. The number of hydrogen-bond acceptors (Lipinski definition) is 3. The quantitative estimate of drug-likeness (QED) is 0.645. The van der Waals surface area contributed by atoms with Gasteiger partial charge in [0.05, 0.1) is 6.04 Å². The van der Waals surface area contributed by atoms with Gasteiger partial charge in [-0.2, -0.15) is 0 Å². The van der Waals surface area contributed by atoms with Crippen LogP contribution < -0.4 is 16.4 Å². The third-order valence-electron chi connectivity index (χ3n) is 2.69. The average Bonchev–Trinajstić information content (AvgIpc) is 2.27. The van der Waals surface area contributed by atoms with Gasteiger partial charge in [-0.15, -0.1) is 12.4 Å². The zero-order valence-electron chi connectivity index (χ0n) is 11.7. The molecule has 0 aromatic rings. The van der Waals surface area contributed by atoms with Gasteiger partial charge in [0.1, 0.15) is 0 Å². The highest BCUT2D eigenvalue weighted by Crippen LogP contribution is 1.97. The van der Waals surface area contributed by atoms with Crippen molar-refractivity contribution in [1.29, 1.82) is 0 Å². The minimum atomic E-state index is -0.507. The van der Waals surface area contributed by atoms with Crippen LogP contribution in [0.2, 0.25) is 0 Å². The molecule has 0 aliphatic rings. The van der Waals surface area contributed by atoms with E-state index in [1.807, 2.05) is 27.7 Å². The molecule has 4 N–H and O–H groups in total. The van der Waals surface area contributed by atoms with Gasteiger partial charge >= 0.3 is 0 Å². The van der Waals surface area contributed by atoms with Crippen molar-refractivity contribution in [1.82, 2.24) is 10.6 Å². The molecular weight excluding hydrogens is 254 g/mol. The normalized spacial score (nSPS) is 13.4. The summed E-state index contributed by atoms with van der Waals surface area (Å²) in [6.45, 7) is 8.07. The molecule has 2 amide bonds. The van der Waals surface area contributed by atoms with E-state index < -0.39 is 6.04 Å². The van der Waals surface area contributed by atoms with Crippen molar-refractivity contribution in [2.24, 2.45) is 11.7 Å². The molecule has 18 heavy (non-hydrogen) atoms. The van der Waals surface area contributed by atoms with Gasteiger partial charge in [-0.05, 0) is 19.3 Å². The molecule has 108 valence electrons. The molecule has 2 atom stereocenters. The van der Waals surface area contributed by atoms with Crippen LogP contribution >= 0.6 is 12.4 Å². The predicted molar refractivity (Wildman–Crippen MR) is 75.6 cm³/mol. The van der Waals surface area contributed by atoms with Gasteiger partial charge in [0.15, 0.2) is 0 Å². The van der Waals surface area contributed by atoms with Crippen LogP contribution in [-0.4, -0.2) is 30.4 Å². The first-order valence-corrected chi connectivity index (χ1v) is 6.21. The first kappa shape index (κ1) is 19.5. The number of amides is 2. The van der Waals surface area contributed by atoms with Gasteiger partial charge in [0.25, 0.3) is 0 Å². The van der Waals surface area contributed by atoms with E-state index in [2.05, 4.69) is 10.6 Å². The maximum atomic E-state index is 11.5. The second-order valence-corrected chi connectivity index (χ2v) is 4.69. The fourth-order valence-electron chi connectivity index (χ4n) is 1.17. The molecule has 0 spiro atoms. The molecule has 6 heteroatoms. The number of hydrogen-bond donors (Lipinski definition) is 3. The predicted octanol–water partition coefficient (Wildman–Crippen LogP) is 0.812. The van der Waals surface area contributed by atoms with E-state index in [0.717, 1.165) is 6.42 Å². The van der Waals surface area contributed by atoms with Gasteiger partial charge in [-0.25, -0.2) is 0 Å². The van der Waals surface area contributed by atoms with E-state index in [9.17, 15) is 9.59 Å². The first-order chi connectivity index (χ1) is 7.88. The maximum absolute atomic E-state index is 11.5. The summed E-state index contributed by atoms with van der Waals surface area (Å²) >= 11 is 0. The number of nitrogens with two attached hydrogens (primary N) is 1. The molecule has 0 heterocycles. The van der Waals surface area contributed by atoms with Gasteiger partial charge in [-0.3, -0.25) is 9.59 Å². The van der Waals surface area contributed by atoms with Crippen molar-refractivity contribution in [3.63, 3.8) is 0 Å². The number of nitrogens with one attached hydrogen (secondary N) is 2. The molecule has 0 aliphatic carbocycles. The average molecular weight is 280 g/mol. The molecule has 0 radical (unpaired) electrons. The molecular formula is C12H26ClN3O2. The van der Waals surface area contributed by atoms with Crippen molar-refractivity contribution in [2.75, 3.05) is 6.54 Å². The number of rotatable bonds is 7. The molecule has 0 aromatic heterocycles. The minimum Gasteiger partial charge on any atom is -0.354 e. The fourth-order valence-corrected chi connectivity index (χ4v) is 1.17. The van der Waals surface area contributed by atoms with Crippen molar-refractivity contribution in [2.45, 2.75) is 52.6 Å². The SMILES string of the molecule is CCC(C)NC(=O)CCNC(=O)[C@@H](N)C(C)C.Cl. The smallest absolute Gasteiger partial charge is 0.237 e. The number of halogens is 1. The highest BCUT2D eigenvalue weighted by atomic mass is 35.5. The van der Waals surface area contributed by atoms with Crippen LogP contribution in [0.3, 0.4) is 0 Å². The monoisotopic (exact) mass is 279 g/mol. The van der Waals surface area contributed by atoms with Crippen LogP contribution in [-0.2, 0) is 9.59 Å². The topological polar surface area (TPSA) is 84.2 Å². The largest absolute Gasteiger partial charge is 0.354 e. The zero-order chi connectivity index (χ0) is 13.4. The van der Waals surface area contributed by atoms with E-state index in [4.69, 9.17) is 5.73 Å². The maximum Gasteiger partial charge on any atom is 0.237 e. The Labute approximate surface area is 116 Å². The molecule has 0 saturated heterocycles. The third-order valence-corrected chi connectivity index (χ3v) is 2.69. The van der Waals surface area contributed by atoms with Crippen molar-refractivity contribution < 1.29 is 9.59 Å². The highest BCUT2D eigenvalue weighted by molar-refractivity contribution is 5.85. The summed E-state index contributed by atoms with van der Waals surface area (Å²) in [5.74, 6) is -0.141. The lowest BCUT2D eigenvalue weighted by Crippen LogP contribution is -2.45. The third kappa shape index (κ3) is 8.31. The Bertz CT molecular complexity index is 260. The Balaban J connectivity index is 0. The van der Waals surface area contributed by atoms with E-state index in [0.29, 0.717) is 13.0 Å². The lowest BCUT2D eigenvalue weighted by atomic mass is 10.1. The van der Waals surface area contributed by atoms with E-state index >= 15 is 0 Å². The summed E-state index contributed by atoms with van der Waals surface area (Å²) in [5, 5.41) is 5.49. The Morgan fingerprint density at radius 2 is 1.78 bits per heavy atom. The molecule has 0 aromatic carbocycles. The molecule has 0 rings (SSSR count). The van der Waals surface area contributed by atoms with Gasteiger partial charge in [-0.1, -0.05) is 20.8 Å². The molecule has 0 bridgehead atoms. The lowest BCUT2D eigenvalue weighted by molar-refractivity contribution is -0.123. The van der Waals surface area contributed by atoms with Crippen LogP contribution in [0.1, 0.15) is 40.5 Å². The van der Waals surface area contributed by atoms with Gasteiger partial charge in [0.2, 0.25) is 11.8 Å². The summed E-state index contributed by atoms with van der Waals surface area (Å²) in [7, 11) is 0. The number of carbonyl (C=O) groups is 2. The Hall–Kier alpha value is -0.810. The van der Waals surface area contributed by atoms with E-state index in [1.54, 1.807) is 0 Å². The summed E-state index contributed by atoms with van der Waals surface area (Å²) in [6.07, 6.45) is 1.19. The summed E-state index contributed by atoms with van der Waals surface area (Å²) in [5.41, 5.74) is 5.67. The van der Waals surface area contributed by atoms with E-state index in [1.165, 1.54) is 0 Å². The van der Waals surface area contributed by atoms with E-state index in [-0.39, 0.29) is 36.2 Å². The second-order valence-electron chi connectivity index (χ2n) is 4.69. The van der Waals surface area contributed by atoms with Crippen LogP contribution in [0, 0.1) is 5.92 Å². The Kier molecular flexibility index (Phi) is 11.0. The van der Waals surface area contributed by atoms with Crippen LogP contribution in [0.15, 0.2) is 0 Å². The van der Waals surface area contributed by atoms with Gasteiger partial charge < -0.3 is 16.4 Å². The number of carbonyl (C=O) groups excluding carboxylic acids is 2. The molecule has 0 saturated carbocycles. The highest BCUT2D eigenvalue weighted by Gasteiger charge is 2.16. The summed E-state index contributed by atoms with van der Waals surface area (Å²) in [6, 6.07) is -0.330. The van der Waals surface area contributed by atoms with Crippen LogP contribution in [0.25, 0.3) is 0 Å². The molecule has 0 aliphatic heterocycles. The molecule has 5 nitrogen and oxygen atoms in total. The van der Waals surface area contributed by atoms with Crippen molar-refractivity contribution >= 4 is 24.2 Å². The fraction of sp³-hybridized carbons (Fsp3) is 0.833. The lowest BCUT2D eigenvalue weighted by Gasteiger charge is -2.15. The first-order valence-electron chi connectivity index (χ1n) is 6.21. The van der Waals surface area contributed by atoms with Crippen molar-refractivity contribution in [3.8, 4) is 0 Å². The van der Waals surface area contributed by atoms with Crippen LogP contribution in [0.5, 0.6) is 0 Å². The molecule has 1 unspecified atom stereocenters.